The summed E-state index contributed by atoms with van der Waals surface area (Å²) in [5.74, 6) is 0. The maximum absolute atomic E-state index is 4.69. The first-order valence-electron chi connectivity index (χ1n) is 6.77. The molecule has 0 bridgehead atoms. The minimum Gasteiger partial charge on any atom is -0.308 e. The number of thiophene rings is 1. The number of nitrogens with zero attached hydrogens (tertiary/aromatic N) is 2. The molecule has 1 N–H and O–H groups in total. The second kappa shape index (κ2) is 6.00. The normalized spacial score (nSPS) is 12.1. The number of aryl methyl sites for hydroxylation is 1. The van der Waals surface area contributed by atoms with Crippen LogP contribution in [-0.2, 0) is 13.1 Å². The van der Waals surface area contributed by atoms with E-state index < -0.39 is 0 Å². The Morgan fingerprint density at radius 3 is 2.60 bits per heavy atom. The molecule has 0 amide bonds. The van der Waals surface area contributed by atoms with Crippen molar-refractivity contribution >= 4 is 27.3 Å². The Hall–Kier alpha value is -0.650. The third kappa shape index (κ3) is 3.71. The number of aromatic nitrogens is 2. The molecule has 3 nitrogen and oxygen atoms in total. The Bertz CT molecular complexity index is 593. The number of hydrogen-bond acceptors (Lipinski definition) is 3. The fourth-order valence-electron chi connectivity index (χ4n) is 2.07. The summed E-state index contributed by atoms with van der Waals surface area (Å²) in [5, 5.41) is 10.3. The van der Waals surface area contributed by atoms with Crippen molar-refractivity contribution in [2.75, 3.05) is 0 Å². The van der Waals surface area contributed by atoms with Crippen LogP contribution in [0.4, 0.5) is 0 Å². The molecule has 0 aromatic carbocycles. The lowest BCUT2D eigenvalue weighted by molar-refractivity contribution is 0.423. The summed E-state index contributed by atoms with van der Waals surface area (Å²) in [4.78, 5) is 1.31. The van der Waals surface area contributed by atoms with Gasteiger partial charge in [0.05, 0.1) is 12.2 Å². The second-order valence-corrected chi connectivity index (χ2v) is 7.96. The van der Waals surface area contributed by atoms with E-state index in [0.717, 1.165) is 18.8 Å². The van der Waals surface area contributed by atoms with Crippen molar-refractivity contribution < 1.29 is 0 Å². The van der Waals surface area contributed by atoms with E-state index in [4.69, 9.17) is 0 Å². The van der Waals surface area contributed by atoms with Gasteiger partial charge >= 0.3 is 0 Å². The molecule has 2 rings (SSSR count). The predicted molar refractivity (Wildman–Crippen MR) is 89.4 cm³/mol. The molecular formula is C15H22BrN3S. The molecule has 2 heterocycles. The summed E-state index contributed by atoms with van der Waals surface area (Å²) in [5.41, 5.74) is 3.80. The van der Waals surface area contributed by atoms with Crippen LogP contribution in [0.1, 0.15) is 42.6 Å². The van der Waals surface area contributed by atoms with Crippen LogP contribution in [-0.4, -0.2) is 15.3 Å². The van der Waals surface area contributed by atoms with Crippen LogP contribution in [0.15, 0.2) is 15.9 Å². The third-order valence-corrected chi connectivity index (χ3v) is 5.22. The number of hydrogen-bond donors (Lipinski definition) is 1. The maximum Gasteiger partial charge on any atom is 0.0766 e. The van der Waals surface area contributed by atoms with Crippen LogP contribution in [0.3, 0.4) is 0 Å². The topological polar surface area (TPSA) is 29.9 Å². The van der Waals surface area contributed by atoms with Crippen molar-refractivity contribution in [2.45, 2.75) is 53.2 Å². The van der Waals surface area contributed by atoms with E-state index in [1.54, 1.807) is 11.3 Å². The minimum atomic E-state index is 0.123. The summed E-state index contributed by atoms with van der Waals surface area (Å²) >= 11 is 5.35. The van der Waals surface area contributed by atoms with E-state index in [2.05, 4.69) is 77.1 Å². The highest BCUT2D eigenvalue weighted by atomic mass is 79.9. The molecule has 0 unspecified atom stereocenters. The third-order valence-electron chi connectivity index (χ3n) is 3.31. The highest BCUT2D eigenvalue weighted by molar-refractivity contribution is 9.10. The number of nitrogens with one attached hydrogen (secondary N) is 1. The zero-order chi connectivity index (χ0) is 14.9. The first kappa shape index (κ1) is 15.7. The number of rotatable bonds is 4. The quantitative estimate of drug-likeness (QED) is 0.887. The largest absolute Gasteiger partial charge is 0.308 e. The predicted octanol–water partition coefficient (Wildman–Crippen LogP) is 4.26. The van der Waals surface area contributed by atoms with Gasteiger partial charge < -0.3 is 5.32 Å². The maximum atomic E-state index is 4.69. The fraction of sp³-hybridized carbons (Fsp3) is 0.533. The lowest BCUT2D eigenvalue weighted by atomic mass is 10.1. The Kier molecular flexibility index (Phi) is 4.72. The van der Waals surface area contributed by atoms with Crippen LogP contribution in [0.25, 0.3) is 0 Å². The van der Waals surface area contributed by atoms with Crippen molar-refractivity contribution in [3.63, 3.8) is 0 Å². The summed E-state index contributed by atoms with van der Waals surface area (Å²) in [6.07, 6.45) is 0. The van der Waals surface area contributed by atoms with Crippen molar-refractivity contribution in [1.82, 2.24) is 15.1 Å². The summed E-state index contributed by atoms with van der Waals surface area (Å²) in [6.45, 7) is 12.5. The smallest absolute Gasteiger partial charge is 0.0766 e. The average Bonchev–Trinajstić information content (AvgIpc) is 2.83. The van der Waals surface area contributed by atoms with E-state index in [-0.39, 0.29) is 5.54 Å². The SMILES string of the molecule is Cc1nn(Cc2sccc2Br)c(C)c1CNC(C)(C)C. The van der Waals surface area contributed by atoms with Crippen LogP contribution in [0, 0.1) is 13.8 Å². The highest BCUT2D eigenvalue weighted by Crippen LogP contribution is 2.25. The number of halogens is 1. The Morgan fingerprint density at radius 1 is 1.35 bits per heavy atom. The first-order chi connectivity index (χ1) is 9.28. The molecule has 0 saturated heterocycles. The van der Waals surface area contributed by atoms with Crippen LogP contribution in [0.2, 0.25) is 0 Å². The molecule has 5 heteroatoms. The molecular weight excluding hydrogens is 334 g/mol. The Labute approximate surface area is 133 Å². The standard InChI is InChI=1S/C15H22BrN3S/c1-10-12(8-17-15(3,4)5)11(2)19(18-10)9-14-13(16)6-7-20-14/h6-7,17H,8-9H2,1-5H3. The van der Waals surface area contributed by atoms with Gasteiger partial charge in [-0.05, 0) is 62.0 Å². The Balaban J connectivity index is 2.18. The minimum absolute atomic E-state index is 0.123. The lowest BCUT2D eigenvalue weighted by Crippen LogP contribution is -2.35. The fourth-order valence-corrected chi connectivity index (χ4v) is 3.53. The van der Waals surface area contributed by atoms with Gasteiger partial charge in [0.1, 0.15) is 0 Å². The molecule has 0 saturated carbocycles. The molecule has 0 atom stereocenters. The molecule has 0 aliphatic carbocycles. The van der Waals surface area contributed by atoms with Gasteiger partial charge in [-0.2, -0.15) is 5.10 Å². The van der Waals surface area contributed by atoms with Gasteiger partial charge in [-0.1, -0.05) is 0 Å². The van der Waals surface area contributed by atoms with E-state index in [1.807, 2.05) is 0 Å². The van der Waals surface area contributed by atoms with E-state index in [9.17, 15) is 0 Å². The molecule has 0 aliphatic heterocycles. The average molecular weight is 356 g/mol. The molecule has 2 aromatic rings. The summed E-state index contributed by atoms with van der Waals surface area (Å²) in [6, 6.07) is 2.09. The monoisotopic (exact) mass is 355 g/mol. The molecule has 0 radical (unpaired) electrons. The van der Waals surface area contributed by atoms with Crippen LogP contribution < -0.4 is 5.32 Å². The van der Waals surface area contributed by atoms with Gasteiger partial charge in [0.15, 0.2) is 0 Å². The molecule has 110 valence electrons. The molecule has 0 aliphatic rings. The second-order valence-electron chi connectivity index (χ2n) is 6.10. The van der Waals surface area contributed by atoms with Crippen molar-refractivity contribution in [2.24, 2.45) is 0 Å². The van der Waals surface area contributed by atoms with Gasteiger partial charge in [-0.3, -0.25) is 4.68 Å². The van der Waals surface area contributed by atoms with Gasteiger partial charge in [0, 0.05) is 32.7 Å². The van der Waals surface area contributed by atoms with Crippen molar-refractivity contribution in [3.8, 4) is 0 Å². The van der Waals surface area contributed by atoms with E-state index >= 15 is 0 Å². The van der Waals surface area contributed by atoms with Gasteiger partial charge in [0.25, 0.3) is 0 Å². The Morgan fingerprint density at radius 2 is 2.05 bits per heavy atom. The van der Waals surface area contributed by atoms with Crippen molar-refractivity contribution in [3.05, 3.63) is 37.7 Å². The highest BCUT2D eigenvalue weighted by Gasteiger charge is 2.15. The zero-order valence-electron chi connectivity index (χ0n) is 12.7. The molecule has 0 fully saturated rings. The molecule has 20 heavy (non-hydrogen) atoms. The van der Waals surface area contributed by atoms with Crippen molar-refractivity contribution in [1.29, 1.82) is 0 Å². The molecule has 0 spiro atoms. The first-order valence-corrected chi connectivity index (χ1v) is 8.45. The van der Waals surface area contributed by atoms with Gasteiger partial charge in [-0.25, -0.2) is 0 Å². The van der Waals surface area contributed by atoms with E-state index in [0.29, 0.717) is 0 Å². The van der Waals surface area contributed by atoms with Gasteiger partial charge in [-0.15, -0.1) is 11.3 Å². The van der Waals surface area contributed by atoms with E-state index in [1.165, 1.54) is 20.6 Å². The lowest BCUT2D eigenvalue weighted by Gasteiger charge is -2.20. The van der Waals surface area contributed by atoms with Gasteiger partial charge in [0.2, 0.25) is 0 Å². The van der Waals surface area contributed by atoms with Crippen LogP contribution in [0.5, 0.6) is 0 Å². The molecule has 2 aromatic heterocycles. The summed E-state index contributed by atoms with van der Waals surface area (Å²) in [7, 11) is 0. The zero-order valence-corrected chi connectivity index (χ0v) is 15.2. The van der Waals surface area contributed by atoms with Crippen LogP contribution >= 0.6 is 27.3 Å². The summed E-state index contributed by atoms with van der Waals surface area (Å²) < 4.78 is 3.27.